The molecule has 0 spiro atoms. The first-order valence-electron chi connectivity index (χ1n) is 8.65. The molecule has 0 amide bonds. The first-order chi connectivity index (χ1) is 13.8. The molecule has 0 aliphatic rings. The minimum atomic E-state index is -4.30. The molecule has 0 bridgehead atoms. The Labute approximate surface area is 168 Å². The highest BCUT2D eigenvalue weighted by Gasteiger charge is 2.28. The molecule has 0 radical (unpaired) electrons. The van der Waals surface area contributed by atoms with Crippen molar-refractivity contribution >= 4 is 21.8 Å². The van der Waals surface area contributed by atoms with E-state index in [-0.39, 0.29) is 17.0 Å². The van der Waals surface area contributed by atoms with Crippen LogP contribution in [-0.2, 0) is 30.3 Å². The zero-order valence-electron chi connectivity index (χ0n) is 15.9. The first kappa shape index (κ1) is 22.3. The van der Waals surface area contributed by atoms with Crippen molar-refractivity contribution in [2.75, 3.05) is 14.2 Å². The molecule has 0 N–H and O–H groups in total. The molecular weight excluding hydrogens is 402 g/mol. The van der Waals surface area contributed by atoms with E-state index in [0.717, 1.165) is 42.7 Å². The number of benzene rings is 2. The molecule has 0 saturated heterocycles. The van der Waals surface area contributed by atoms with Crippen LogP contribution < -0.4 is 4.74 Å². The van der Waals surface area contributed by atoms with E-state index >= 15 is 0 Å². The summed E-state index contributed by atoms with van der Waals surface area (Å²) in [4.78, 5) is 21.7. The average Bonchev–Trinajstić information content (AvgIpc) is 2.72. The number of esters is 1. The van der Waals surface area contributed by atoms with Crippen LogP contribution >= 0.6 is 0 Å². The van der Waals surface area contributed by atoms with Crippen LogP contribution in [0, 0.1) is 10.1 Å². The Morgan fingerprint density at radius 2 is 1.69 bits per heavy atom. The van der Waals surface area contributed by atoms with E-state index in [9.17, 15) is 23.3 Å². The summed E-state index contributed by atoms with van der Waals surface area (Å²) in [6.45, 7) is 0. The predicted octanol–water partition coefficient (Wildman–Crippen LogP) is 2.87. The Kier molecular flexibility index (Phi) is 7.68. The van der Waals surface area contributed by atoms with Gasteiger partial charge in [-0.05, 0) is 49.1 Å². The third kappa shape index (κ3) is 6.26. The van der Waals surface area contributed by atoms with Crippen molar-refractivity contribution in [3.05, 3.63) is 64.2 Å². The highest BCUT2D eigenvalue weighted by Crippen LogP contribution is 2.21. The Bertz CT molecular complexity index is 939. The maximum absolute atomic E-state index is 12.4. The zero-order chi connectivity index (χ0) is 21.4. The minimum absolute atomic E-state index is 0.116. The van der Waals surface area contributed by atoms with Crippen LogP contribution in [0.3, 0.4) is 0 Å². The number of hydrogen-bond acceptors (Lipinski definition) is 8. The molecule has 10 heteroatoms. The average molecular weight is 423 g/mol. The molecule has 0 fully saturated rings. The van der Waals surface area contributed by atoms with Crippen LogP contribution in [0.1, 0.15) is 18.4 Å². The lowest BCUT2D eigenvalue weighted by atomic mass is 10.1. The highest BCUT2D eigenvalue weighted by molar-refractivity contribution is 7.86. The van der Waals surface area contributed by atoms with Crippen LogP contribution in [0.15, 0.2) is 53.4 Å². The van der Waals surface area contributed by atoms with Gasteiger partial charge in [-0.25, -0.2) is 4.79 Å². The van der Waals surface area contributed by atoms with Gasteiger partial charge in [-0.3, -0.25) is 14.3 Å². The van der Waals surface area contributed by atoms with E-state index < -0.39 is 27.1 Å². The molecule has 9 nitrogen and oxygen atoms in total. The summed E-state index contributed by atoms with van der Waals surface area (Å²) in [5, 5.41) is 10.7. The van der Waals surface area contributed by atoms with Crippen molar-refractivity contribution in [3.63, 3.8) is 0 Å². The number of ether oxygens (including phenoxy) is 2. The fourth-order valence-electron chi connectivity index (χ4n) is 2.56. The fraction of sp³-hybridized carbons (Fsp3) is 0.316. The van der Waals surface area contributed by atoms with E-state index in [1.54, 1.807) is 7.11 Å². The van der Waals surface area contributed by atoms with Crippen molar-refractivity contribution in [1.29, 1.82) is 0 Å². The van der Waals surface area contributed by atoms with E-state index in [1.807, 2.05) is 24.3 Å². The van der Waals surface area contributed by atoms with Gasteiger partial charge in [0, 0.05) is 12.1 Å². The maximum Gasteiger partial charge on any atom is 0.336 e. The van der Waals surface area contributed by atoms with Gasteiger partial charge in [0.25, 0.3) is 15.8 Å². The number of carbonyl (C=O) groups excluding carboxylic acids is 1. The number of nitro benzene ring substituents is 1. The van der Waals surface area contributed by atoms with Crippen molar-refractivity contribution in [1.82, 2.24) is 0 Å². The van der Waals surface area contributed by atoms with Crippen molar-refractivity contribution in [3.8, 4) is 5.75 Å². The quantitative estimate of drug-likeness (QED) is 0.247. The summed E-state index contributed by atoms with van der Waals surface area (Å²) in [6, 6.07) is 11.6. The number of aryl methyl sites for hydroxylation is 1. The Hall–Kier alpha value is -2.98. The molecule has 2 aromatic carbocycles. The van der Waals surface area contributed by atoms with Crippen molar-refractivity contribution < 1.29 is 31.8 Å². The number of carbonyl (C=O) groups is 1. The van der Waals surface area contributed by atoms with E-state index in [4.69, 9.17) is 8.92 Å². The second-order valence-corrected chi connectivity index (χ2v) is 7.63. The van der Waals surface area contributed by atoms with Gasteiger partial charge in [0.15, 0.2) is 6.10 Å². The molecule has 0 aliphatic heterocycles. The SMILES string of the molecule is COC(=O)[C@@H](CCCc1ccc(OC)cc1)OS(=O)(=O)c1ccc([N+](=O)[O-])cc1. The smallest absolute Gasteiger partial charge is 0.336 e. The van der Waals surface area contributed by atoms with Crippen molar-refractivity contribution in [2.24, 2.45) is 0 Å². The third-order valence-corrected chi connectivity index (χ3v) is 5.47. The predicted molar refractivity (Wildman–Crippen MR) is 103 cm³/mol. The van der Waals surface area contributed by atoms with E-state index in [1.165, 1.54) is 0 Å². The molecule has 0 heterocycles. The van der Waals surface area contributed by atoms with Gasteiger partial charge < -0.3 is 9.47 Å². The Balaban J connectivity index is 2.04. The second kappa shape index (κ2) is 9.99. The number of methoxy groups -OCH3 is 2. The second-order valence-electron chi connectivity index (χ2n) is 6.05. The van der Waals surface area contributed by atoms with E-state index in [0.29, 0.717) is 12.8 Å². The summed E-state index contributed by atoms with van der Waals surface area (Å²) in [5.74, 6) is -0.0936. The zero-order valence-corrected chi connectivity index (χ0v) is 16.8. The highest BCUT2D eigenvalue weighted by atomic mass is 32.2. The molecule has 0 unspecified atom stereocenters. The summed E-state index contributed by atoms with van der Waals surface area (Å²) in [7, 11) is -1.59. The number of rotatable bonds is 10. The van der Waals surface area contributed by atoms with Crippen LogP contribution in [-0.4, -0.2) is 39.6 Å². The van der Waals surface area contributed by atoms with Gasteiger partial charge in [0.2, 0.25) is 0 Å². The molecule has 29 heavy (non-hydrogen) atoms. The number of hydrogen-bond donors (Lipinski definition) is 0. The van der Waals surface area contributed by atoms with Crippen LogP contribution in [0.5, 0.6) is 5.75 Å². The molecular formula is C19H21NO8S. The lowest BCUT2D eigenvalue weighted by Crippen LogP contribution is -2.28. The lowest BCUT2D eigenvalue weighted by Gasteiger charge is -2.15. The summed E-state index contributed by atoms with van der Waals surface area (Å²) < 4.78 is 39.7. The fourth-order valence-corrected chi connectivity index (χ4v) is 3.62. The number of nitrogens with zero attached hydrogens (tertiary/aromatic N) is 1. The van der Waals surface area contributed by atoms with Gasteiger partial charge in [-0.1, -0.05) is 12.1 Å². The molecule has 0 aliphatic carbocycles. The minimum Gasteiger partial charge on any atom is -0.497 e. The molecule has 0 saturated carbocycles. The maximum atomic E-state index is 12.4. The normalized spacial score (nSPS) is 12.2. The molecule has 2 aromatic rings. The molecule has 156 valence electrons. The summed E-state index contributed by atoms with van der Waals surface area (Å²) in [6.07, 6.45) is -0.135. The molecule has 0 aromatic heterocycles. The van der Waals surface area contributed by atoms with Gasteiger partial charge in [-0.15, -0.1) is 0 Å². The molecule has 1 atom stereocenters. The lowest BCUT2D eigenvalue weighted by molar-refractivity contribution is -0.384. The first-order valence-corrected chi connectivity index (χ1v) is 10.1. The molecule has 2 rings (SSSR count). The van der Waals surface area contributed by atoms with Crippen molar-refractivity contribution in [2.45, 2.75) is 30.3 Å². The Morgan fingerprint density at radius 1 is 1.07 bits per heavy atom. The van der Waals surface area contributed by atoms with Crippen LogP contribution in [0.25, 0.3) is 0 Å². The number of non-ortho nitro benzene ring substituents is 1. The van der Waals surface area contributed by atoms with Gasteiger partial charge >= 0.3 is 5.97 Å². The monoisotopic (exact) mass is 423 g/mol. The van der Waals surface area contributed by atoms with Crippen LogP contribution in [0.4, 0.5) is 5.69 Å². The Morgan fingerprint density at radius 3 is 2.21 bits per heavy atom. The summed E-state index contributed by atoms with van der Waals surface area (Å²) >= 11 is 0. The largest absolute Gasteiger partial charge is 0.497 e. The standard InChI is InChI=1S/C19H21NO8S/c1-26-16-10-6-14(7-11-16)4-3-5-18(19(21)27-2)28-29(24,25)17-12-8-15(9-13-17)20(22)23/h6-13,18H,3-5H2,1-2H3/t18-/m1/s1. The summed E-state index contributed by atoms with van der Waals surface area (Å²) in [5.41, 5.74) is 0.737. The van der Waals surface area contributed by atoms with Gasteiger partial charge in [-0.2, -0.15) is 8.42 Å². The van der Waals surface area contributed by atoms with Gasteiger partial charge in [0.05, 0.1) is 24.0 Å². The van der Waals surface area contributed by atoms with Crippen LogP contribution in [0.2, 0.25) is 0 Å². The van der Waals surface area contributed by atoms with E-state index in [2.05, 4.69) is 4.74 Å². The van der Waals surface area contributed by atoms with Gasteiger partial charge in [0.1, 0.15) is 5.75 Å². The topological polar surface area (TPSA) is 122 Å². The third-order valence-electron chi connectivity index (χ3n) is 4.13. The number of nitro groups is 1.